The van der Waals surface area contributed by atoms with Gasteiger partial charge in [-0.2, -0.15) is 0 Å². The number of primary amides is 1. The fourth-order valence-corrected chi connectivity index (χ4v) is 5.04. The highest BCUT2D eigenvalue weighted by Crippen LogP contribution is 2.36. The molecule has 1 unspecified atom stereocenters. The van der Waals surface area contributed by atoms with Crippen LogP contribution in [-0.4, -0.2) is 40.0 Å². The molecule has 0 aliphatic carbocycles. The van der Waals surface area contributed by atoms with Gasteiger partial charge in [0.05, 0.1) is 12.3 Å². The topological polar surface area (TPSA) is 150 Å². The number of likely N-dealkylation sites (N-methyl/N-ethyl adjacent to an activating group) is 1. The Morgan fingerprint density at radius 3 is 2.53 bits per heavy atom. The standard InChI is InChI=1S/C33H35FN6O2.CH3NO/c1-4-21-16-26(30(34)28(17-21)42-6-3)31(38-24-12-13-25-23(18-24)14-15-37-32(25)35)33-39-27(22-10-8-7-9-11-22)19-40(33)20-29(41)36-5-2;2-1-3/h7-19,31,38H,4-6,20H2,1-3H3,(H2,35,37)(H,36,41);1H,(H2,2,3). The van der Waals surface area contributed by atoms with Crippen molar-refractivity contribution in [3.05, 3.63) is 102 Å². The van der Waals surface area contributed by atoms with Crippen molar-refractivity contribution < 1.29 is 18.7 Å². The lowest BCUT2D eigenvalue weighted by atomic mass is 9.99. The Balaban J connectivity index is 0.00000148. The molecule has 6 N–H and O–H groups in total. The molecule has 0 aliphatic rings. The molecule has 11 heteroatoms. The third-order valence-corrected chi connectivity index (χ3v) is 7.08. The van der Waals surface area contributed by atoms with Gasteiger partial charge in [0.25, 0.3) is 0 Å². The van der Waals surface area contributed by atoms with Gasteiger partial charge in [-0.15, -0.1) is 0 Å². The van der Waals surface area contributed by atoms with Crippen LogP contribution in [0, 0.1) is 5.82 Å². The minimum atomic E-state index is -0.765. The Bertz CT molecular complexity index is 1760. The van der Waals surface area contributed by atoms with E-state index in [-0.39, 0.29) is 24.6 Å². The van der Waals surface area contributed by atoms with Crippen LogP contribution in [0.3, 0.4) is 0 Å². The lowest BCUT2D eigenvalue weighted by Crippen LogP contribution is -2.29. The number of rotatable bonds is 11. The second kappa shape index (κ2) is 15.3. The number of hydrogen-bond donors (Lipinski definition) is 4. The zero-order valence-corrected chi connectivity index (χ0v) is 25.6. The summed E-state index contributed by atoms with van der Waals surface area (Å²) in [5.41, 5.74) is 13.8. The number of nitrogens with two attached hydrogens (primary N) is 2. The first-order valence-electron chi connectivity index (χ1n) is 14.7. The van der Waals surface area contributed by atoms with Gasteiger partial charge >= 0.3 is 0 Å². The first kappa shape index (κ1) is 32.5. The average Bonchev–Trinajstić information content (AvgIpc) is 3.45. The van der Waals surface area contributed by atoms with Crippen LogP contribution in [-0.2, 0) is 22.6 Å². The molecule has 2 amide bonds. The van der Waals surface area contributed by atoms with Gasteiger partial charge in [0.15, 0.2) is 11.6 Å². The molecule has 2 aromatic heterocycles. The van der Waals surface area contributed by atoms with E-state index >= 15 is 4.39 Å². The van der Waals surface area contributed by atoms with Crippen molar-refractivity contribution in [3.63, 3.8) is 0 Å². The molecule has 1 atom stereocenters. The fourth-order valence-electron chi connectivity index (χ4n) is 5.04. The molecule has 5 rings (SSSR count). The monoisotopic (exact) mass is 611 g/mol. The van der Waals surface area contributed by atoms with Gasteiger partial charge in [-0.25, -0.2) is 14.4 Å². The van der Waals surface area contributed by atoms with Crippen molar-refractivity contribution in [2.75, 3.05) is 24.2 Å². The minimum absolute atomic E-state index is 0.0223. The summed E-state index contributed by atoms with van der Waals surface area (Å²) in [6.45, 7) is 6.56. The van der Waals surface area contributed by atoms with E-state index in [4.69, 9.17) is 20.2 Å². The smallest absolute Gasteiger partial charge is 0.239 e. The van der Waals surface area contributed by atoms with Crippen LogP contribution in [0.1, 0.15) is 43.8 Å². The van der Waals surface area contributed by atoms with E-state index in [1.54, 1.807) is 16.8 Å². The maximum Gasteiger partial charge on any atom is 0.239 e. The number of fused-ring (bicyclic) bond motifs is 1. The number of nitrogens with zero attached hydrogens (tertiary/aromatic N) is 3. The second-order valence-electron chi connectivity index (χ2n) is 10.1. The van der Waals surface area contributed by atoms with Crippen molar-refractivity contribution in [2.45, 2.75) is 39.8 Å². The first-order valence-corrected chi connectivity index (χ1v) is 14.7. The normalized spacial score (nSPS) is 11.3. The van der Waals surface area contributed by atoms with Gasteiger partial charge in [-0.05, 0) is 61.5 Å². The molecular weight excluding hydrogens is 573 g/mol. The Labute approximate surface area is 261 Å². The van der Waals surface area contributed by atoms with E-state index in [1.165, 1.54) is 0 Å². The maximum atomic E-state index is 16.3. The molecular formula is C34H38FN7O3. The van der Waals surface area contributed by atoms with E-state index in [1.807, 2.05) is 87.6 Å². The molecule has 45 heavy (non-hydrogen) atoms. The molecule has 0 spiro atoms. The van der Waals surface area contributed by atoms with Gasteiger partial charge in [-0.3, -0.25) is 9.59 Å². The van der Waals surface area contributed by atoms with E-state index < -0.39 is 11.9 Å². The van der Waals surface area contributed by atoms with Gasteiger partial charge in [0.2, 0.25) is 12.3 Å². The summed E-state index contributed by atoms with van der Waals surface area (Å²) in [6, 6.07) is 20.1. The first-order chi connectivity index (χ1) is 21.8. The number of carbonyl (C=O) groups is 2. The number of nitrogens with one attached hydrogen (secondary N) is 2. The van der Waals surface area contributed by atoms with Crippen LogP contribution < -0.4 is 26.8 Å². The summed E-state index contributed by atoms with van der Waals surface area (Å²) in [5, 5.41) is 8.09. The van der Waals surface area contributed by atoms with Crippen molar-refractivity contribution in [1.29, 1.82) is 0 Å². The van der Waals surface area contributed by atoms with Crippen LogP contribution in [0.2, 0.25) is 0 Å². The summed E-state index contributed by atoms with van der Waals surface area (Å²) in [6.07, 6.45) is 4.43. The van der Waals surface area contributed by atoms with E-state index in [2.05, 4.69) is 21.4 Å². The molecule has 5 aromatic rings. The third kappa shape index (κ3) is 7.74. The van der Waals surface area contributed by atoms with Crippen LogP contribution in [0.15, 0.2) is 79.1 Å². The second-order valence-corrected chi connectivity index (χ2v) is 10.1. The van der Waals surface area contributed by atoms with E-state index in [9.17, 15) is 4.79 Å². The number of aromatic nitrogens is 3. The van der Waals surface area contributed by atoms with Gasteiger partial charge in [0, 0.05) is 41.1 Å². The summed E-state index contributed by atoms with van der Waals surface area (Å²) in [4.78, 5) is 30.6. The van der Waals surface area contributed by atoms with Crippen molar-refractivity contribution in [3.8, 4) is 17.0 Å². The number of hydrogen-bond acceptors (Lipinski definition) is 7. The molecule has 10 nitrogen and oxygen atoms in total. The summed E-state index contributed by atoms with van der Waals surface area (Å²) < 4.78 is 23.8. The van der Waals surface area contributed by atoms with Crippen molar-refractivity contribution in [1.82, 2.24) is 19.9 Å². The number of amides is 2. The van der Waals surface area contributed by atoms with Crippen molar-refractivity contribution in [2.24, 2.45) is 5.73 Å². The molecule has 2 heterocycles. The minimum Gasteiger partial charge on any atom is -0.491 e. The highest BCUT2D eigenvalue weighted by atomic mass is 19.1. The summed E-state index contributed by atoms with van der Waals surface area (Å²) in [5.74, 6) is 0.462. The molecule has 0 saturated heterocycles. The van der Waals surface area contributed by atoms with Gasteiger partial charge in [0.1, 0.15) is 24.2 Å². The van der Waals surface area contributed by atoms with Gasteiger partial charge in [-0.1, -0.05) is 43.3 Å². The summed E-state index contributed by atoms with van der Waals surface area (Å²) >= 11 is 0. The Kier molecular flexibility index (Phi) is 11.1. The molecule has 0 radical (unpaired) electrons. The number of aryl methyl sites for hydroxylation is 1. The Morgan fingerprint density at radius 1 is 1.09 bits per heavy atom. The molecule has 0 bridgehead atoms. The molecule has 0 aliphatic heterocycles. The predicted octanol–water partition coefficient (Wildman–Crippen LogP) is 5.22. The molecule has 0 fully saturated rings. The molecule has 0 saturated carbocycles. The third-order valence-electron chi connectivity index (χ3n) is 7.08. The zero-order chi connectivity index (χ0) is 32.3. The number of carbonyl (C=O) groups excluding carboxylic acids is 2. The van der Waals surface area contributed by atoms with E-state index in [0.717, 1.165) is 27.6 Å². The quantitative estimate of drug-likeness (QED) is 0.150. The molecule has 234 valence electrons. The van der Waals surface area contributed by atoms with Crippen LogP contribution in [0.5, 0.6) is 5.75 Å². The number of nitrogen functional groups attached to an aromatic ring is 1. The number of ether oxygens (including phenoxy) is 1. The largest absolute Gasteiger partial charge is 0.491 e. The van der Waals surface area contributed by atoms with Crippen LogP contribution in [0.4, 0.5) is 15.9 Å². The maximum absolute atomic E-state index is 16.3. The molecule has 3 aromatic carbocycles. The Hall–Kier alpha value is -5.45. The lowest BCUT2D eigenvalue weighted by molar-refractivity contribution is -0.121. The van der Waals surface area contributed by atoms with Crippen LogP contribution in [0.25, 0.3) is 22.0 Å². The van der Waals surface area contributed by atoms with Crippen molar-refractivity contribution >= 4 is 34.6 Å². The van der Waals surface area contributed by atoms with Gasteiger partial charge < -0.3 is 31.4 Å². The number of anilines is 2. The van der Waals surface area contributed by atoms with Crippen LogP contribution >= 0.6 is 0 Å². The lowest BCUT2D eigenvalue weighted by Gasteiger charge is -2.24. The number of pyridine rings is 1. The summed E-state index contributed by atoms with van der Waals surface area (Å²) in [7, 11) is 0. The number of imidazole rings is 1. The highest BCUT2D eigenvalue weighted by molar-refractivity contribution is 5.93. The predicted molar refractivity (Wildman–Crippen MR) is 175 cm³/mol. The fraction of sp³-hybridized carbons (Fsp3) is 0.235. The highest BCUT2D eigenvalue weighted by Gasteiger charge is 2.28. The SMILES string of the molecule is CCNC(=O)Cn1cc(-c2ccccc2)nc1C(Nc1ccc2c(N)nccc2c1)c1cc(CC)cc(OCC)c1F.NC=O. The Morgan fingerprint density at radius 2 is 1.84 bits per heavy atom. The zero-order valence-electron chi connectivity index (χ0n) is 25.6. The average molecular weight is 612 g/mol. The van der Waals surface area contributed by atoms with E-state index in [0.29, 0.717) is 42.5 Å². The number of benzene rings is 3. The number of halogens is 1.